The molecule has 0 aliphatic carbocycles. The molecule has 0 aromatic heterocycles. The Hall–Kier alpha value is -1.88. The summed E-state index contributed by atoms with van der Waals surface area (Å²) < 4.78 is 0. The van der Waals surface area contributed by atoms with Crippen LogP contribution in [0.15, 0.2) is 24.3 Å². The zero-order valence-corrected chi connectivity index (χ0v) is 15.3. The third kappa shape index (κ3) is 6.32. The highest BCUT2D eigenvalue weighted by Gasteiger charge is 2.26. The number of nitrogens with two attached hydrogens (primary N) is 1. The van der Waals surface area contributed by atoms with Gasteiger partial charge in [0.25, 0.3) is 5.91 Å². The number of benzene rings is 1. The molecule has 0 aliphatic heterocycles. The standard InChI is InChI=1S/C19H31N3O2/c1-5-6-10-16(12-20)21-19(24)17(13(2)3)22-18(23)15-9-7-8-14(4)11-15/h7-9,11,13,16-17H,5-6,10,12,20H2,1-4H3,(H,21,24)(H,22,23). The quantitative estimate of drug-likeness (QED) is 0.649. The van der Waals surface area contributed by atoms with Crippen molar-refractivity contribution in [3.63, 3.8) is 0 Å². The smallest absolute Gasteiger partial charge is 0.251 e. The highest BCUT2D eigenvalue weighted by Crippen LogP contribution is 2.08. The molecule has 5 heteroatoms. The van der Waals surface area contributed by atoms with Gasteiger partial charge in [0.15, 0.2) is 0 Å². The zero-order valence-electron chi connectivity index (χ0n) is 15.3. The number of carbonyl (C=O) groups excluding carboxylic acids is 2. The molecule has 0 heterocycles. The van der Waals surface area contributed by atoms with Gasteiger partial charge in [-0.05, 0) is 31.4 Å². The Kier molecular flexibility index (Phi) is 8.47. The Labute approximate surface area is 145 Å². The Bertz CT molecular complexity index is 543. The lowest BCUT2D eigenvalue weighted by Gasteiger charge is -2.25. The minimum absolute atomic E-state index is 0.0108. The fraction of sp³-hybridized carbons (Fsp3) is 0.579. The summed E-state index contributed by atoms with van der Waals surface area (Å²) >= 11 is 0. The van der Waals surface area contributed by atoms with Crippen molar-refractivity contribution < 1.29 is 9.59 Å². The predicted octanol–water partition coefficient (Wildman–Crippen LogP) is 2.38. The van der Waals surface area contributed by atoms with E-state index in [2.05, 4.69) is 17.6 Å². The molecule has 0 bridgehead atoms. The average Bonchev–Trinajstić information content (AvgIpc) is 2.55. The van der Waals surface area contributed by atoms with Crippen molar-refractivity contribution in [1.29, 1.82) is 0 Å². The van der Waals surface area contributed by atoms with Gasteiger partial charge in [-0.3, -0.25) is 9.59 Å². The fourth-order valence-corrected chi connectivity index (χ4v) is 2.54. The highest BCUT2D eigenvalue weighted by atomic mass is 16.2. The first kappa shape index (κ1) is 20.2. The van der Waals surface area contributed by atoms with Crippen LogP contribution >= 0.6 is 0 Å². The Morgan fingerprint density at radius 2 is 1.92 bits per heavy atom. The van der Waals surface area contributed by atoms with E-state index in [1.165, 1.54) is 0 Å². The third-order valence-electron chi connectivity index (χ3n) is 4.05. The minimum Gasteiger partial charge on any atom is -0.350 e. The summed E-state index contributed by atoms with van der Waals surface area (Å²) in [5.74, 6) is -0.411. The van der Waals surface area contributed by atoms with Gasteiger partial charge in [0.2, 0.25) is 5.91 Å². The van der Waals surface area contributed by atoms with Gasteiger partial charge in [0, 0.05) is 18.2 Å². The molecule has 134 valence electrons. The summed E-state index contributed by atoms with van der Waals surface area (Å²) in [4.78, 5) is 25.0. The summed E-state index contributed by atoms with van der Waals surface area (Å²) in [7, 11) is 0. The molecule has 0 saturated heterocycles. The summed E-state index contributed by atoms with van der Waals surface area (Å²) in [5, 5.41) is 5.83. The normalized spacial score (nSPS) is 13.4. The van der Waals surface area contributed by atoms with Crippen molar-refractivity contribution in [3.05, 3.63) is 35.4 Å². The second-order valence-corrected chi connectivity index (χ2v) is 6.65. The average molecular weight is 333 g/mol. The van der Waals surface area contributed by atoms with Gasteiger partial charge in [-0.1, -0.05) is 51.3 Å². The second kappa shape index (κ2) is 10.1. The molecule has 4 N–H and O–H groups in total. The maximum absolute atomic E-state index is 12.6. The van der Waals surface area contributed by atoms with Crippen LogP contribution in [0.25, 0.3) is 0 Å². The van der Waals surface area contributed by atoms with Crippen LogP contribution in [0.5, 0.6) is 0 Å². The number of unbranched alkanes of at least 4 members (excludes halogenated alkanes) is 1. The van der Waals surface area contributed by atoms with E-state index in [1.807, 2.05) is 39.0 Å². The SMILES string of the molecule is CCCCC(CN)NC(=O)C(NC(=O)c1cccc(C)c1)C(C)C. The van der Waals surface area contributed by atoms with Crippen LogP contribution in [-0.4, -0.2) is 30.4 Å². The van der Waals surface area contributed by atoms with Crippen LogP contribution < -0.4 is 16.4 Å². The van der Waals surface area contributed by atoms with Gasteiger partial charge < -0.3 is 16.4 Å². The molecule has 0 saturated carbocycles. The summed E-state index contributed by atoms with van der Waals surface area (Å²) in [6, 6.07) is 6.71. The van der Waals surface area contributed by atoms with Gasteiger partial charge in [0.05, 0.1) is 0 Å². The minimum atomic E-state index is -0.575. The van der Waals surface area contributed by atoms with E-state index in [-0.39, 0.29) is 23.8 Å². The molecular weight excluding hydrogens is 302 g/mol. The van der Waals surface area contributed by atoms with Crippen molar-refractivity contribution in [2.75, 3.05) is 6.54 Å². The fourth-order valence-electron chi connectivity index (χ4n) is 2.54. The van der Waals surface area contributed by atoms with Crippen molar-refractivity contribution in [1.82, 2.24) is 10.6 Å². The van der Waals surface area contributed by atoms with E-state index in [0.29, 0.717) is 12.1 Å². The first-order valence-electron chi connectivity index (χ1n) is 8.77. The van der Waals surface area contributed by atoms with E-state index >= 15 is 0 Å². The second-order valence-electron chi connectivity index (χ2n) is 6.65. The molecule has 0 aliphatic rings. The Morgan fingerprint density at radius 3 is 2.46 bits per heavy atom. The summed E-state index contributed by atoms with van der Waals surface area (Å²) in [5.41, 5.74) is 7.32. The summed E-state index contributed by atoms with van der Waals surface area (Å²) in [6.45, 7) is 8.29. The molecule has 2 unspecified atom stereocenters. The van der Waals surface area contributed by atoms with Gasteiger partial charge in [-0.15, -0.1) is 0 Å². The third-order valence-corrected chi connectivity index (χ3v) is 4.05. The molecule has 1 aromatic carbocycles. The number of rotatable bonds is 9. The Morgan fingerprint density at radius 1 is 1.21 bits per heavy atom. The van der Waals surface area contributed by atoms with Gasteiger partial charge in [-0.25, -0.2) is 0 Å². The van der Waals surface area contributed by atoms with Gasteiger partial charge >= 0.3 is 0 Å². The number of carbonyl (C=O) groups is 2. The van der Waals surface area contributed by atoms with E-state index in [1.54, 1.807) is 6.07 Å². The van der Waals surface area contributed by atoms with Gasteiger partial charge in [-0.2, -0.15) is 0 Å². The zero-order chi connectivity index (χ0) is 18.1. The Balaban J connectivity index is 2.75. The lowest BCUT2D eigenvalue weighted by Crippen LogP contribution is -2.53. The first-order valence-corrected chi connectivity index (χ1v) is 8.77. The van der Waals surface area contributed by atoms with E-state index in [0.717, 1.165) is 24.8 Å². The number of hydrogen-bond donors (Lipinski definition) is 3. The molecular formula is C19H31N3O2. The number of hydrogen-bond acceptors (Lipinski definition) is 3. The number of aryl methyl sites for hydroxylation is 1. The molecule has 0 spiro atoms. The van der Waals surface area contributed by atoms with Crippen LogP contribution in [0.2, 0.25) is 0 Å². The topological polar surface area (TPSA) is 84.2 Å². The predicted molar refractivity (Wildman–Crippen MR) is 97.8 cm³/mol. The molecule has 2 atom stereocenters. The number of nitrogens with one attached hydrogen (secondary N) is 2. The van der Waals surface area contributed by atoms with Crippen LogP contribution in [0, 0.1) is 12.8 Å². The lowest BCUT2D eigenvalue weighted by molar-refractivity contribution is -0.124. The maximum atomic E-state index is 12.6. The van der Waals surface area contributed by atoms with E-state index in [4.69, 9.17) is 5.73 Å². The van der Waals surface area contributed by atoms with E-state index in [9.17, 15) is 9.59 Å². The van der Waals surface area contributed by atoms with Crippen LogP contribution in [0.3, 0.4) is 0 Å². The molecule has 24 heavy (non-hydrogen) atoms. The van der Waals surface area contributed by atoms with E-state index < -0.39 is 6.04 Å². The molecule has 1 aromatic rings. The molecule has 5 nitrogen and oxygen atoms in total. The molecule has 0 fully saturated rings. The van der Waals surface area contributed by atoms with Crippen LogP contribution in [0.1, 0.15) is 56.0 Å². The van der Waals surface area contributed by atoms with Crippen LogP contribution in [0.4, 0.5) is 0 Å². The van der Waals surface area contributed by atoms with Crippen molar-refractivity contribution >= 4 is 11.8 Å². The van der Waals surface area contributed by atoms with Crippen LogP contribution in [-0.2, 0) is 4.79 Å². The molecule has 2 amide bonds. The first-order chi connectivity index (χ1) is 11.4. The lowest BCUT2D eigenvalue weighted by atomic mass is 10.0. The summed E-state index contributed by atoms with van der Waals surface area (Å²) in [6.07, 6.45) is 2.93. The van der Waals surface area contributed by atoms with Crippen molar-refractivity contribution in [2.24, 2.45) is 11.7 Å². The van der Waals surface area contributed by atoms with Crippen molar-refractivity contribution in [3.8, 4) is 0 Å². The highest BCUT2D eigenvalue weighted by molar-refractivity contribution is 5.97. The largest absolute Gasteiger partial charge is 0.350 e. The maximum Gasteiger partial charge on any atom is 0.251 e. The molecule has 0 radical (unpaired) electrons. The molecule has 1 rings (SSSR count). The number of amides is 2. The van der Waals surface area contributed by atoms with Gasteiger partial charge in [0.1, 0.15) is 6.04 Å². The van der Waals surface area contributed by atoms with Crippen molar-refractivity contribution in [2.45, 2.75) is 59.0 Å². The monoisotopic (exact) mass is 333 g/mol.